The smallest absolute Gasteiger partial charge is 0.233 e. The van der Waals surface area contributed by atoms with Crippen molar-refractivity contribution in [3.63, 3.8) is 0 Å². The summed E-state index contributed by atoms with van der Waals surface area (Å²) in [7, 11) is 0. The van der Waals surface area contributed by atoms with Crippen LogP contribution in [0.1, 0.15) is 20.8 Å². The molecule has 4 heteroatoms. The van der Waals surface area contributed by atoms with Crippen LogP contribution in [-0.4, -0.2) is 17.2 Å². The molecule has 0 aliphatic rings. The van der Waals surface area contributed by atoms with Crippen LogP contribution in [-0.2, 0) is 4.79 Å². The summed E-state index contributed by atoms with van der Waals surface area (Å²) in [5.74, 6) is 0.0860. The average Bonchev–Trinajstić information content (AvgIpc) is 2.20. The molecule has 0 saturated carbocycles. The first-order valence-electron chi connectivity index (χ1n) is 5.21. The van der Waals surface area contributed by atoms with Crippen molar-refractivity contribution in [2.75, 3.05) is 0 Å². The van der Waals surface area contributed by atoms with Crippen LogP contribution in [0.5, 0.6) is 0 Å². The van der Waals surface area contributed by atoms with Crippen molar-refractivity contribution in [1.82, 2.24) is 5.32 Å². The Morgan fingerprint density at radius 3 is 2.31 bits per heavy atom. The Hall–Kier alpha value is -0.480. The highest BCUT2D eigenvalue weighted by atomic mass is 79.9. The number of hydrogen-bond donors (Lipinski definition) is 1. The van der Waals surface area contributed by atoms with Crippen LogP contribution in [0.2, 0.25) is 0 Å². The van der Waals surface area contributed by atoms with E-state index in [4.69, 9.17) is 0 Å². The lowest BCUT2D eigenvalue weighted by atomic mass is 10.3. The molecule has 1 rings (SSSR count). The van der Waals surface area contributed by atoms with Gasteiger partial charge < -0.3 is 5.32 Å². The van der Waals surface area contributed by atoms with E-state index in [0.717, 1.165) is 9.37 Å². The van der Waals surface area contributed by atoms with E-state index in [0.29, 0.717) is 0 Å². The third kappa shape index (κ3) is 4.58. The van der Waals surface area contributed by atoms with Gasteiger partial charge in [-0.2, -0.15) is 0 Å². The molecular formula is C12H16BrNOS. The van der Waals surface area contributed by atoms with Gasteiger partial charge >= 0.3 is 0 Å². The fourth-order valence-corrected chi connectivity index (χ4v) is 2.31. The van der Waals surface area contributed by atoms with Gasteiger partial charge in [0.1, 0.15) is 0 Å². The van der Waals surface area contributed by atoms with Crippen molar-refractivity contribution in [3.05, 3.63) is 28.7 Å². The van der Waals surface area contributed by atoms with Crippen LogP contribution in [0.15, 0.2) is 33.6 Å². The molecule has 0 saturated heterocycles. The van der Waals surface area contributed by atoms with Gasteiger partial charge in [0.05, 0.1) is 5.25 Å². The number of amides is 1. The van der Waals surface area contributed by atoms with Crippen molar-refractivity contribution in [1.29, 1.82) is 0 Å². The number of rotatable bonds is 4. The van der Waals surface area contributed by atoms with Crippen LogP contribution in [0, 0.1) is 0 Å². The predicted octanol–water partition coefficient (Wildman–Crippen LogP) is 3.45. The molecule has 88 valence electrons. The summed E-state index contributed by atoms with van der Waals surface area (Å²) in [6.07, 6.45) is 0. The van der Waals surface area contributed by atoms with E-state index in [1.807, 2.05) is 45.0 Å². The summed E-state index contributed by atoms with van der Waals surface area (Å²) >= 11 is 4.95. The first-order valence-corrected chi connectivity index (χ1v) is 6.89. The van der Waals surface area contributed by atoms with Gasteiger partial charge in [-0.25, -0.2) is 0 Å². The van der Waals surface area contributed by atoms with E-state index in [-0.39, 0.29) is 17.2 Å². The zero-order valence-electron chi connectivity index (χ0n) is 9.66. The lowest BCUT2D eigenvalue weighted by Crippen LogP contribution is -2.35. The standard InChI is InChI=1S/C12H16BrNOS/c1-8(2)14-12(15)9(3)16-11-6-4-10(13)5-7-11/h4-9H,1-3H3,(H,14,15). The Bertz CT molecular complexity index is 351. The average molecular weight is 302 g/mol. The normalized spacial score (nSPS) is 12.6. The van der Waals surface area contributed by atoms with Crippen molar-refractivity contribution in [2.24, 2.45) is 0 Å². The lowest BCUT2D eigenvalue weighted by Gasteiger charge is -2.14. The third-order valence-corrected chi connectivity index (χ3v) is 3.57. The minimum atomic E-state index is -0.0661. The van der Waals surface area contributed by atoms with Gasteiger partial charge in [-0.15, -0.1) is 11.8 Å². The highest BCUT2D eigenvalue weighted by Crippen LogP contribution is 2.24. The maximum Gasteiger partial charge on any atom is 0.233 e. The summed E-state index contributed by atoms with van der Waals surface area (Å²) in [6.45, 7) is 5.86. The van der Waals surface area contributed by atoms with Gasteiger partial charge in [0.2, 0.25) is 5.91 Å². The van der Waals surface area contributed by atoms with E-state index in [1.165, 1.54) is 0 Å². The second-order valence-electron chi connectivity index (χ2n) is 3.88. The molecule has 1 aromatic carbocycles. The van der Waals surface area contributed by atoms with Crippen LogP contribution in [0.3, 0.4) is 0 Å². The first-order chi connectivity index (χ1) is 7.49. The molecule has 1 unspecified atom stereocenters. The number of nitrogens with one attached hydrogen (secondary N) is 1. The van der Waals surface area contributed by atoms with Crippen molar-refractivity contribution >= 4 is 33.6 Å². The summed E-state index contributed by atoms with van der Waals surface area (Å²) in [5, 5.41) is 2.84. The van der Waals surface area contributed by atoms with Crippen molar-refractivity contribution in [3.8, 4) is 0 Å². The highest BCUT2D eigenvalue weighted by molar-refractivity contribution is 9.10. The molecule has 1 atom stereocenters. The van der Waals surface area contributed by atoms with Gasteiger partial charge in [-0.3, -0.25) is 4.79 Å². The fourth-order valence-electron chi connectivity index (χ4n) is 1.17. The van der Waals surface area contributed by atoms with Crippen molar-refractivity contribution < 1.29 is 4.79 Å². The van der Waals surface area contributed by atoms with Gasteiger partial charge in [0.15, 0.2) is 0 Å². The van der Waals surface area contributed by atoms with E-state index in [2.05, 4.69) is 21.2 Å². The molecule has 0 fully saturated rings. The molecule has 1 amide bonds. The lowest BCUT2D eigenvalue weighted by molar-refractivity contribution is -0.120. The van der Waals surface area contributed by atoms with E-state index in [9.17, 15) is 4.79 Å². The Labute approximate surface area is 109 Å². The van der Waals surface area contributed by atoms with E-state index < -0.39 is 0 Å². The van der Waals surface area contributed by atoms with E-state index in [1.54, 1.807) is 11.8 Å². The number of halogens is 1. The number of carbonyl (C=O) groups is 1. The van der Waals surface area contributed by atoms with Gasteiger partial charge in [0.25, 0.3) is 0 Å². The summed E-state index contributed by atoms with van der Waals surface area (Å²) < 4.78 is 1.05. The zero-order chi connectivity index (χ0) is 12.1. The van der Waals surface area contributed by atoms with E-state index >= 15 is 0 Å². The SMILES string of the molecule is CC(C)NC(=O)C(C)Sc1ccc(Br)cc1. The largest absolute Gasteiger partial charge is 0.353 e. The molecule has 0 aromatic heterocycles. The third-order valence-electron chi connectivity index (χ3n) is 1.93. The molecule has 0 aliphatic carbocycles. The van der Waals surface area contributed by atoms with Gasteiger partial charge in [-0.1, -0.05) is 15.9 Å². The minimum Gasteiger partial charge on any atom is -0.353 e. The fraction of sp³-hybridized carbons (Fsp3) is 0.417. The predicted molar refractivity (Wildman–Crippen MR) is 72.7 cm³/mol. The summed E-state index contributed by atoms with van der Waals surface area (Å²) in [5.41, 5.74) is 0. The molecule has 0 aliphatic heterocycles. The maximum atomic E-state index is 11.7. The molecule has 0 heterocycles. The van der Waals surface area contributed by atoms with Gasteiger partial charge in [-0.05, 0) is 45.0 Å². The first kappa shape index (κ1) is 13.6. The van der Waals surface area contributed by atoms with Gasteiger partial charge in [0, 0.05) is 15.4 Å². The number of benzene rings is 1. The summed E-state index contributed by atoms with van der Waals surface area (Å²) in [4.78, 5) is 12.8. The summed E-state index contributed by atoms with van der Waals surface area (Å²) in [6, 6.07) is 8.17. The maximum absolute atomic E-state index is 11.7. The second-order valence-corrected chi connectivity index (χ2v) is 6.21. The molecule has 16 heavy (non-hydrogen) atoms. The Kier molecular flexibility index (Phi) is 5.35. The van der Waals surface area contributed by atoms with Crippen LogP contribution in [0.25, 0.3) is 0 Å². The van der Waals surface area contributed by atoms with Crippen molar-refractivity contribution in [2.45, 2.75) is 37.0 Å². The van der Waals surface area contributed by atoms with Crippen LogP contribution < -0.4 is 5.32 Å². The zero-order valence-corrected chi connectivity index (χ0v) is 12.1. The minimum absolute atomic E-state index is 0.0661. The Balaban J connectivity index is 2.53. The molecular weight excluding hydrogens is 286 g/mol. The highest BCUT2D eigenvalue weighted by Gasteiger charge is 2.14. The Morgan fingerprint density at radius 2 is 1.81 bits per heavy atom. The quantitative estimate of drug-likeness (QED) is 0.863. The molecule has 1 aromatic rings. The second kappa shape index (κ2) is 6.30. The molecule has 1 N–H and O–H groups in total. The van der Waals surface area contributed by atoms with Crippen LogP contribution >= 0.6 is 27.7 Å². The molecule has 0 radical (unpaired) electrons. The number of hydrogen-bond acceptors (Lipinski definition) is 2. The topological polar surface area (TPSA) is 29.1 Å². The molecule has 2 nitrogen and oxygen atoms in total. The molecule has 0 bridgehead atoms. The Morgan fingerprint density at radius 1 is 1.25 bits per heavy atom. The van der Waals surface area contributed by atoms with Crippen LogP contribution in [0.4, 0.5) is 0 Å². The number of carbonyl (C=O) groups excluding carboxylic acids is 1. The monoisotopic (exact) mass is 301 g/mol. The number of thioether (sulfide) groups is 1. The molecule has 0 spiro atoms.